The minimum Gasteiger partial charge on any atom is -0.480 e. The molecule has 4 heteroatoms. The molecule has 2 aromatic rings. The van der Waals surface area contributed by atoms with Gasteiger partial charge >= 0.3 is 0 Å². The third-order valence-electron chi connectivity index (χ3n) is 2.86. The number of aromatic nitrogens is 1. The van der Waals surface area contributed by atoms with E-state index in [1.54, 1.807) is 18.3 Å². The lowest BCUT2D eigenvalue weighted by atomic mass is 10.1. The van der Waals surface area contributed by atoms with E-state index in [4.69, 9.17) is 4.74 Å². The maximum atomic E-state index is 12.2. The van der Waals surface area contributed by atoms with E-state index in [9.17, 15) is 4.79 Å². The Morgan fingerprint density at radius 3 is 2.63 bits per heavy atom. The van der Waals surface area contributed by atoms with E-state index in [1.165, 1.54) is 7.11 Å². The molecule has 1 N–H and O–H groups in total. The average molecular weight is 256 g/mol. The summed E-state index contributed by atoms with van der Waals surface area (Å²) < 4.78 is 5.08. The van der Waals surface area contributed by atoms with E-state index < -0.39 is 0 Å². The van der Waals surface area contributed by atoms with Gasteiger partial charge in [-0.25, -0.2) is 4.98 Å². The van der Waals surface area contributed by atoms with E-state index in [0.717, 1.165) is 5.56 Å². The predicted octanol–water partition coefficient (Wildman–Crippen LogP) is 2.58. The molecule has 98 valence electrons. The first-order valence-corrected chi connectivity index (χ1v) is 6.07. The third-order valence-corrected chi connectivity index (χ3v) is 2.86. The quantitative estimate of drug-likeness (QED) is 0.914. The van der Waals surface area contributed by atoms with Crippen LogP contribution in [-0.4, -0.2) is 18.0 Å². The Hall–Kier alpha value is -2.36. The molecule has 0 aliphatic heterocycles. The van der Waals surface area contributed by atoms with Gasteiger partial charge < -0.3 is 10.1 Å². The Bertz CT molecular complexity index is 555. The molecule has 0 spiro atoms. The summed E-state index contributed by atoms with van der Waals surface area (Å²) in [6, 6.07) is 13.1. The lowest BCUT2D eigenvalue weighted by molar-refractivity contribution is 0.0936. The number of nitrogens with one attached hydrogen (secondary N) is 1. The number of benzene rings is 1. The highest BCUT2D eigenvalue weighted by molar-refractivity contribution is 5.96. The van der Waals surface area contributed by atoms with Crippen LogP contribution in [0.25, 0.3) is 0 Å². The second kappa shape index (κ2) is 6.00. The Kier molecular flexibility index (Phi) is 4.13. The first-order chi connectivity index (χ1) is 9.22. The standard InChI is InChI=1S/C15H16N2O2/c1-11(12-7-4-3-5-8-12)17-14(18)13-9-6-10-16-15(13)19-2/h3-11H,1-2H3,(H,17,18). The van der Waals surface area contributed by atoms with E-state index in [2.05, 4.69) is 10.3 Å². The lowest BCUT2D eigenvalue weighted by Gasteiger charge is -2.15. The lowest BCUT2D eigenvalue weighted by Crippen LogP contribution is -2.27. The SMILES string of the molecule is COc1ncccc1C(=O)NC(C)c1ccccc1. The number of amides is 1. The van der Waals surface area contributed by atoms with Crippen molar-refractivity contribution in [3.05, 3.63) is 59.8 Å². The molecular formula is C15H16N2O2. The number of carbonyl (C=O) groups excluding carboxylic acids is 1. The molecule has 0 aliphatic rings. The van der Waals surface area contributed by atoms with Crippen LogP contribution in [0.1, 0.15) is 28.9 Å². The minimum atomic E-state index is -0.193. The van der Waals surface area contributed by atoms with Crippen LogP contribution in [-0.2, 0) is 0 Å². The molecule has 0 fully saturated rings. The van der Waals surface area contributed by atoms with Gasteiger partial charge in [0, 0.05) is 6.20 Å². The summed E-state index contributed by atoms with van der Waals surface area (Å²) in [6.07, 6.45) is 1.59. The zero-order valence-electron chi connectivity index (χ0n) is 11.0. The van der Waals surface area contributed by atoms with Crippen LogP contribution in [0, 0.1) is 0 Å². The predicted molar refractivity (Wildman–Crippen MR) is 73.1 cm³/mol. The van der Waals surface area contributed by atoms with E-state index >= 15 is 0 Å². The summed E-state index contributed by atoms with van der Waals surface area (Å²) >= 11 is 0. The number of carbonyl (C=O) groups is 1. The Balaban J connectivity index is 2.13. The number of pyridine rings is 1. The van der Waals surface area contributed by atoms with Crippen molar-refractivity contribution in [3.8, 4) is 5.88 Å². The van der Waals surface area contributed by atoms with E-state index in [1.807, 2.05) is 37.3 Å². The zero-order chi connectivity index (χ0) is 13.7. The molecule has 1 aromatic heterocycles. The normalized spacial score (nSPS) is 11.7. The minimum absolute atomic E-state index is 0.0707. The summed E-state index contributed by atoms with van der Waals surface area (Å²) in [5.74, 6) is 0.140. The first-order valence-electron chi connectivity index (χ1n) is 6.07. The smallest absolute Gasteiger partial charge is 0.257 e. The summed E-state index contributed by atoms with van der Waals surface area (Å²) in [4.78, 5) is 16.2. The monoisotopic (exact) mass is 256 g/mol. The van der Waals surface area contributed by atoms with Crippen molar-refractivity contribution in [2.24, 2.45) is 0 Å². The highest BCUT2D eigenvalue weighted by Gasteiger charge is 2.15. The maximum absolute atomic E-state index is 12.2. The van der Waals surface area contributed by atoms with Crippen molar-refractivity contribution in [1.29, 1.82) is 0 Å². The molecule has 1 unspecified atom stereocenters. The Morgan fingerprint density at radius 2 is 1.95 bits per heavy atom. The molecule has 1 heterocycles. The van der Waals surface area contributed by atoms with Crippen molar-refractivity contribution in [2.75, 3.05) is 7.11 Å². The number of hydrogen-bond donors (Lipinski definition) is 1. The van der Waals surface area contributed by atoms with Gasteiger partial charge in [0.15, 0.2) is 0 Å². The van der Waals surface area contributed by atoms with Gasteiger partial charge in [0.2, 0.25) is 5.88 Å². The van der Waals surface area contributed by atoms with Crippen LogP contribution in [0.3, 0.4) is 0 Å². The summed E-state index contributed by atoms with van der Waals surface area (Å²) in [7, 11) is 1.50. The van der Waals surface area contributed by atoms with Crippen molar-refractivity contribution in [1.82, 2.24) is 10.3 Å². The van der Waals surface area contributed by atoms with Gasteiger partial charge in [-0.1, -0.05) is 30.3 Å². The highest BCUT2D eigenvalue weighted by atomic mass is 16.5. The molecular weight excluding hydrogens is 240 g/mol. The van der Waals surface area contributed by atoms with Crippen molar-refractivity contribution < 1.29 is 9.53 Å². The van der Waals surface area contributed by atoms with Crippen LogP contribution in [0.15, 0.2) is 48.7 Å². The van der Waals surface area contributed by atoms with Gasteiger partial charge in [-0.15, -0.1) is 0 Å². The van der Waals surface area contributed by atoms with Gasteiger partial charge in [0.25, 0.3) is 5.91 Å². The number of hydrogen-bond acceptors (Lipinski definition) is 3. The van der Waals surface area contributed by atoms with Gasteiger partial charge in [0.1, 0.15) is 5.56 Å². The average Bonchev–Trinajstić information content (AvgIpc) is 2.48. The molecule has 0 saturated carbocycles. The Morgan fingerprint density at radius 1 is 1.21 bits per heavy atom. The summed E-state index contributed by atoms with van der Waals surface area (Å²) in [5, 5.41) is 2.93. The fourth-order valence-electron chi connectivity index (χ4n) is 1.83. The second-order valence-electron chi connectivity index (χ2n) is 4.17. The largest absolute Gasteiger partial charge is 0.480 e. The molecule has 1 aromatic carbocycles. The van der Waals surface area contributed by atoms with Crippen LogP contribution in [0.2, 0.25) is 0 Å². The molecule has 0 bridgehead atoms. The van der Waals surface area contributed by atoms with Crippen LogP contribution in [0.4, 0.5) is 0 Å². The van der Waals surface area contributed by atoms with Gasteiger partial charge in [-0.3, -0.25) is 4.79 Å². The summed E-state index contributed by atoms with van der Waals surface area (Å²) in [5.41, 5.74) is 1.49. The topological polar surface area (TPSA) is 51.2 Å². The van der Waals surface area contributed by atoms with Gasteiger partial charge in [0.05, 0.1) is 13.2 Å². The van der Waals surface area contributed by atoms with Crippen LogP contribution < -0.4 is 10.1 Å². The first kappa shape index (κ1) is 13.1. The molecule has 2 rings (SSSR count). The maximum Gasteiger partial charge on any atom is 0.257 e. The van der Waals surface area contributed by atoms with Crippen molar-refractivity contribution >= 4 is 5.91 Å². The number of rotatable bonds is 4. The molecule has 0 radical (unpaired) electrons. The number of nitrogens with zero attached hydrogens (tertiary/aromatic N) is 1. The molecule has 1 amide bonds. The fraction of sp³-hybridized carbons (Fsp3) is 0.200. The fourth-order valence-corrected chi connectivity index (χ4v) is 1.83. The van der Waals surface area contributed by atoms with E-state index in [-0.39, 0.29) is 11.9 Å². The van der Waals surface area contributed by atoms with E-state index in [0.29, 0.717) is 11.4 Å². The van der Waals surface area contributed by atoms with Crippen molar-refractivity contribution in [2.45, 2.75) is 13.0 Å². The molecule has 4 nitrogen and oxygen atoms in total. The summed E-state index contributed by atoms with van der Waals surface area (Å²) in [6.45, 7) is 1.94. The molecule has 0 aliphatic carbocycles. The highest BCUT2D eigenvalue weighted by Crippen LogP contribution is 2.16. The van der Waals surface area contributed by atoms with Gasteiger partial charge in [-0.05, 0) is 24.6 Å². The second-order valence-corrected chi connectivity index (χ2v) is 4.17. The Labute approximate surface area is 112 Å². The zero-order valence-corrected chi connectivity index (χ0v) is 11.0. The third kappa shape index (κ3) is 3.10. The van der Waals surface area contributed by atoms with Crippen LogP contribution in [0.5, 0.6) is 5.88 Å². The molecule has 1 atom stereocenters. The number of ether oxygens (including phenoxy) is 1. The van der Waals surface area contributed by atoms with Crippen LogP contribution >= 0.6 is 0 Å². The van der Waals surface area contributed by atoms with Crippen molar-refractivity contribution in [3.63, 3.8) is 0 Å². The molecule has 0 saturated heterocycles. The number of methoxy groups -OCH3 is 1. The molecule has 19 heavy (non-hydrogen) atoms. The van der Waals surface area contributed by atoms with Gasteiger partial charge in [-0.2, -0.15) is 0 Å².